The highest BCUT2D eigenvalue weighted by molar-refractivity contribution is 6.07. The first-order chi connectivity index (χ1) is 11.5. The minimum absolute atomic E-state index is 0.0740. The van der Waals surface area contributed by atoms with Crippen molar-refractivity contribution >= 4 is 16.8 Å². The van der Waals surface area contributed by atoms with E-state index in [2.05, 4.69) is 40.5 Å². The van der Waals surface area contributed by atoms with Crippen LogP contribution in [0, 0.1) is 20.8 Å². The highest BCUT2D eigenvalue weighted by Crippen LogP contribution is 2.26. The molecule has 5 nitrogen and oxygen atoms in total. The van der Waals surface area contributed by atoms with Crippen LogP contribution >= 0.6 is 0 Å². The van der Waals surface area contributed by atoms with Crippen LogP contribution in [0.5, 0.6) is 0 Å². The number of imidazole rings is 1. The Morgan fingerprint density at radius 3 is 2.79 bits per heavy atom. The highest BCUT2D eigenvalue weighted by atomic mass is 16.2. The van der Waals surface area contributed by atoms with Crippen molar-refractivity contribution in [3.05, 3.63) is 58.8 Å². The number of aromatic nitrogens is 3. The predicted molar refractivity (Wildman–Crippen MR) is 92.9 cm³/mol. The summed E-state index contributed by atoms with van der Waals surface area (Å²) in [6.07, 6.45) is 3.67. The van der Waals surface area contributed by atoms with Gasteiger partial charge in [0, 0.05) is 30.4 Å². The fourth-order valence-electron chi connectivity index (χ4n) is 3.58. The van der Waals surface area contributed by atoms with E-state index in [9.17, 15) is 4.79 Å². The van der Waals surface area contributed by atoms with Crippen LogP contribution in [0.1, 0.15) is 32.9 Å². The molecule has 2 aromatic heterocycles. The topological polar surface area (TPSA) is 51.0 Å². The molecule has 0 radical (unpaired) electrons. The van der Waals surface area contributed by atoms with Gasteiger partial charge in [0.1, 0.15) is 0 Å². The van der Waals surface area contributed by atoms with Crippen molar-refractivity contribution in [2.24, 2.45) is 0 Å². The van der Waals surface area contributed by atoms with Gasteiger partial charge in [-0.05, 0) is 44.0 Å². The Balaban J connectivity index is 1.80. The second-order valence-corrected chi connectivity index (χ2v) is 6.59. The number of benzene rings is 1. The van der Waals surface area contributed by atoms with Crippen LogP contribution in [0.15, 0.2) is 30.7 Å². The van der Waals surface area contributed by atoms with Crippen LogP contribution < -0.4 is 0 Å². The van der Waals surface area contributed by atoms with Crippen LogP contribution in [-0.4, -0.2) is 31.9 Å². The van der Waals surface area contributed by atoms with E-state index in [0.29, 0.717) is 13.1 Å². The molecule has 3 aromatic rings. The molecule has 4 rings (SSSR count). The first-order valence-corrected chi connectivity index (χ1v) is 8.20. The van der Waals surface area contributed by atoms with Gasteiger partial charge < -0.3 is 9.47 Å². The van der Waals surface area contributed by atoms with Crippen molar-refractivity contribution in [3.8, 4) is 0 Å². The average Bonchev–Trinajstić information content (AvgIpc) is 3.00. The van der Waals surface area contributed by atoms with Crippen molar-refractivity contribution in [2.45, 2.75) is 33.9 Å². The summed E-state index contributed by atoms with van der Waals surface area (Å²) >= 11 is 0. The maximum Gasteiger partial charge on any atom is 0.255 e. The van der Waals surface area contributed by atoms with E-state index >= 15 is 0 Å². The molecule has 1 aliphatic rings. The van der Waals surface area contributed by atoms with E-state index in [4.69, 9.17) is 0 Å². The molecule has 5 heteroatoms. The minimum atomic E-state index is 0.0740. The molecular weight excluding hydrogens is 300 g/mol. The molecule has 0 spiro atoms. The molecule has 0 N–H and O–H groups in total. The molecule has 122 valence electrons. The number of fused-ring (bicyclic) bond motifs is 2. The number of hydrogen-bond donors (Lipinski definition) is 0. The van der Waals surface area contributed by atoms with E-state index < -0.39 is 0 Å². The van der Waals surface area contributed by atoms with Crippen LogP contribution in [0.2, 0.25) is 0 Å². The van der Waals surface area contributed by atoms with Gasteiger partial charge in [-0.15, -0.1) is 0 Å². The second kappa shape index (κ2) is 5.44. The molecule has 0 fully saturated rings. The summed E-state index contributed by atoms with van der Waals surface area (Å²) in [6.45, 7) is 8.15. The Morgan fingerprint density at radius 2 is 1.96 bits per heavy atom. The van der Waals surface area contributed by atoms with Gasteiger partial charge in [-0.2, -0.15) is 0 Å². The summed E-state index contributed by atoms with van der Waals surface area (Å²) in [5.41, 5.74) is 5.87. The lowest BCUT2D eigenvalue weighted by atomic mass is 9.99. The zero-order chi connectivity index (χ0) is 16.8. The summed E-state index contributed by atoms with van der Waals surface area (Å²) in [5.74, 6) is 0.0740. The lowest BCUT2D eigenvalue weighted by molar-refractivity contribution is 0.0713. The third kappa shape index (κ3) is 2.37. The Hall–Kier alpha value is -2.69. The third-order valence-corrected chi connectivity index (χ3v) is 4.66. The first-order valence-electron chi connectivity index (χ1n) is 8.20. The average molecular weight is 320 g/mol. The molecule has 0 saturated heterocycles. The Morgan fingerprint density at radius 1 is 1.12 bits per heavy atom. The van der Waals surface area contributed by atoms with E-state index in [0.717, 1.165) is 40.0 Å². The third-order valence-electron chi connectivity index (χ3n) is 4.66. The van der Waals surface area contributed by atoms with Gasteiger partial charge >= 0.3 is 0 Å². The second-order valence-electron chi connectivity index (χ2n) is 6.59. The van der Waals surface area contributed by atoms with Gasteiger partial charge in [-0.1, -0.05) is 6.07 Å². The van der Waals surface area contributed by atoms with E-state index in [1.807, 2.05) is 30.4 Å². The van der Waals surface area contributed by atoms with Gasteiger partial charge in [0.25, 0.3) is 5.91 Å². The van der Waals surface area contributed by atoms with E-state index in [1.165, 1.54) is 5.56 Å². The largest absolute Gasteiger partial charge is 0.331 e. The fraction of sp³-hybridized carbons (Fsp3) is 0.316. The zero-order valence-electron chi connectivity index (χ0n) is 14.2. The summed E-state index contributed by atoms with van der Waals surface area (Å²) in [7, 11) is 0. The normalized spacial score (nSPS) is 14.0. The maximum absolute atomic E-state index is 13.2. The van der Waals surface area contributed by atoms with Crippen molar-refractivity contribution in [1.82, 2.24) is 19.4 Å². The molecule has 3 heterocycles. The molecule has 1 aliphatic heterocycles. The Bertz CT molecular complexity index is 952. The maximum atomic E-state index is 13.2. The number of amides is 1. The van der Waals surface area contributed by atoms with Gasteiger partial charge in [0.2, 0.25) is 0 Å². The standard InChI is InChI=1S/C19H20N4O/c1-12-6-13(2)18-16(8-14(3)21-17(18)7-12)19(24)22-4-5-23-11-20-9-15(23)10-22/h6-9,11H,4-5,10H2,1-3H3. The molecule has 0 atom stereocenters. The molecule has 0 aliphatic carbocycles. The monoisotopic (exact) mass is 320 g/mol. The van der Waals surface area contributed by atoms with E-state index in [-0.39, 0.29) is 5.91 Å². The Labute approximate surface area is 140 Å². The molecule has 1 amide bonds. The zero-order valence-corrected chi connectivity index (χ0v) is 14.2. The lowest BCUT2D eigenvalue weighted by Crippen LogP contribution is -2.38. The van der Waals surface area contributed by atoms with E-state index in [1.54, 1.807) is 0 Å². The quantitative estimate of drug-likeness (QED) is 0.692. The molecule has 0 bridgehead atoms. The van der Waals surface area contributed by atoms with Crippen LogP contribution in [0.3, 0.4) is 0 Å². The van der Waals surface area contributed by atoms with Crippen molar-refractivity contribution in [1.29, 1.82) is 0 Å². The SMILES string of the molecule is Cc1cc(C)c2c(C(=O)N3CCn4cncc4C3)cc(C)nc2c1. The summed E-state index contributed by atoms with van der Waals surface area (Å²) < 4.78 is 2.11. The summed E-state index contributed by atoms with van der Waals surface area (Å²) in [5, 5.41) is 0.968. The van der Waals surface area contributed by atoms with Crippen LogP contribution in [0.25, 0.3) is 10.9 Å². The molecule has 0 unspecified atom stereocenters. The smallest absolute Gasteiger partial charge is 0.255 e. The van der Waals surface area contributed by atoms with Crippen molar-refractivity contribution in [3.63, 3.8) is 0 Å². The molecule has 0 saturated carbocycles. The number of carbonyl (C=O) groups is 1. The van der Waals surface area contributed by atoms with Gasteiger partial charge in [-0.25, -0.2) is 4.98 Å². The van der Waals surface area contributed by atoms with Gasteiger partial charge in [0.05, 0.1) is 29.6 Å². The number of carbonyl (C=O) groups excluding carboxylic acids is 1. The Kier molecular flexibility index (Phi) is 3.37. The summed E-state index contributed by atoms with van der Waals surface area (Å²) in [4.78, 5) is 23.9. The van der Waals surface area contributed by atoms with Crippen molar-refractivity contribution in [2.75, 3.05) is 6.54 Å². The van der Waals surface area contributed by atoms with Crippen molar-refractivity contribution < 1.29 is 4.79 Å². The molecular formula is C19H20N4O. The number of aryl methyl sites for hydroxylation is 3. The van der Waals surface area contributed by atoms with Crippen LogP contribution in [0.4, 0.5) is 0 Å². The number of hydrogen-bond acceptors (Lipinski definition) is 3. The summed E-state index contributed by atoms with van der Waals surface area (Å²) in [6, 6.07) is 6.08. The van der Waals surface area contributed by atoms with Gasteiger partial charge in [0.15, 0.2) is 0 Å². The fourth-order valence-corrected chi connectivity index (χ4v) is 3.58. The number of pyridine rings is 1. The minimum Gasteiger partial charge on any atom is -0.331 e. The molecule has 24 heavy (non-hydrogen) atoms. The number of nitrogens with zero attached hydrogens (tertiary/aromatic N) is 4. The lowest BCUT2D eigenvalue weighted by Gasteiger charge is -2.28. The van der Waals surface area contributed by atoms with Gasteiger partial charge in [-0.3, -0.25) is 9.78 Å². The molecule has 1 aromatic carbocycles. The first kappa shape index (κ1) is 14.9. The predicted octanol–water partition coefficient (Wildman–Crippen LogP) is 3.01. The highest BCUT2D eigenvalue weighted by Gasteiger charge is 2.24. The van der Waals surface area contributed by atoms with Crippen LogP contribution in [-0.2, 0) is 13.1 Å². The number of rotatable bonds is 1.